The number of H-pyrrole nitrogens is 1. The SMILES string of the molecule is CC(=O)Nc1ccccc1-c1nc2ccc(C(=O)N3CCN(c4ccccn4)CC3)cc2[nH]c1=O. The number of nitrogens with one attached hydrogen (secondary N) is 2. The first-order valence-corrected chi connectivity index (χ1v) is 11.4. The zero-order valence-corrected chi connectivity index (χ0v) is 19.2. The molecule has 9 heteroatoms. The summed E-state index contributed by atoms with van der Waals surface area (Å²) in [6, 6.07) is 17.9. The number of hydrogen-bond donors (Lipinski definition) is 2. The van der Waals surface area contributed by atoms with Gasteiger partial charge in [-0.1, -0.05) is 24.3 Å². The summed E-state index contributed by atoms with van der Waals surface area (Å²) in [5, 5.41) is 2.73. The monoisotopic (exact) mass is 468 g/mol. The number of carbonyl (C=O) groups excluding carboxylic acids is 2. The first-order chi connectivity index (χ1) is 17.0. The summed E-state index contributed by atoms with van der Waals surface area (Å²) < 4.78 is 0. The quantitative estimate of drug-likeness (QED) is 0.476. The Morgan fingerprint density at radius 1 is 0.971 bits per heavy atom. The Morgan fingerprint density at radius 2 is 1.74 bits per heavy atom. The Labute approximate surface area is 201 Å². The Hall–Kier alpha value is -4.53. The number of benzene rings is 2. The van der Waals surface area contributed by atoms with Crippen molar-refractivity contribution in [2.24, 2.45) is 0 Å². The third kappa shape index (κ3) is 4.61. The van der Waals surface area contributed by atoms with E-state index in [-0.39, 0.29) is 17.5 Å². The molecule has 5 rings (SSSR count). The number of carbonyl (C=O) groups is 2. The average molecular weight is 469 g/mol. The molecule has 1 fully saturated rings. The highest BCUT2D eigenvalue weighted by Gasteiger charge is 2.23. The van der Waals surface area contributed by atoms with E-state index in [1.807, 2.05) is 23.1 Å². The van der Waals surface area contributed by atoms with Crippen molar-refractivity contribution in [1.29, 1.82) is 0 Å². The zero-order valence-electron chi connectivity index (χ0n) is 19.2. The molecule has 4 aromatic rings. The topological polar surface area (TPSA) is 111 Å². The van der Waals surface area contributed by atoms with Crippen LogP contribution in [0, 0.1) is 0 Å². The smallest absolute Gasteiger partial charge is 0.275 e. The summed E-state index contributed by atoms with van der Waals surface area (Å²) in [6.07, 6.45) is 1.76. The van der Waals surface area contributed by atoms with Gasteiger partial charge in [0.15, 0.2) is 0 Å². The van der Waals surface area contributed by atoms with Crippen LogP contribution >= 0.6 is 0 Å². The number of amides is 2. The minimum Gasteiger partial charge on any atom is -0.353 e. The van der Waals surface area contributed by atoms with Crippen molar-refractivity contribution in [3.63, 3.8) is 0 Å². The highest BCUT2D eigenvalue weighted by molar-refractivity contribution is 5.98. The van der Waals surface area contributed by atoms with E-state index in [0.717, 1.165) is 5.82 Å². The van der Waals surface area contributed by atoms with E-state index in [0.29, 0.717) is 54.0 Å². The van der Waals surface area contributed by atoms with Gasteiger partial charge in [-0.15, -0.1) is 0 Å². The van der Waals surface area contributed by atoms with Crippen LogP contribution in [-0.4, -0.2) is 57.8 Å². The predicted molar refractivity (Wildman–Crippen MR) is 134 cm³/mol. The van der Waals surface area contributed by atoms with Gasteiger partial charge in [0.25, 0.3) is 11.5 Å². The van der Waals surface area contributed by atoms with E-state index >= 15 is 0 Å². The maximum Gasteiger partial charge on any atom is 0.275 e. The number of aromatic amines is 1. The number of anilines is 2. The maximum atomic E-state index is 13.1. The number of nitrogens with zero attached hydrogens (tertiary/aromatic N) is 4. The second-order valence-electron chi connectivity index (χ2n) is 8.34. The van der Waals surface area contributed by atoms with Crippen molar-refractivity contribution in [1.82, 2.24) is 19.9 Å². The van der Waals surface area contributed by atoms with Crippen molar-refractivity contribution in [2.45, 2.75) is 6.92 Å². The molecule has 35 heavy (non-hydrogen) atoms. The van der Waals surface area contributed by atoms with Gasteiger partial charge in [-0.25, -0.2) is 9.97 Å². The number of pyridine rings is 1. The lowest BCUT2D eigenvalue weighted by Crippen LogP contribution is -2.49. The highest BCUT2D eigenvalue weighted by atomic mass is 16.2. The Bertz CT molecular complexity index is 1460. The lowest BCUT2D eigenvalue weighted by atomic mass is 10.1. The van der Waals surface area contributed by atoms with Crippen LogP contribution in [0.25, 0.3) is 22.3 Å². The number of para-hydroxylation sites is 1. The van der Waals surface area contributed by atoms with Crippen molar-refractivity contribution >= 4 is 34.4 Å². The molecule has 1 aliphatic rings. The molecule has 0 spiro atoms. The van der Waals surface area contributed by atoms with Crippen LogP contribution in [0.2, 0.25) is 0 Å². The Kier molecular flexibility index (Phi) is 5.97. The van der Waals surface area contributed by atoms with Crippen LogP contribution in [0.5, 0.6) is 0 Å². The minimum absolute atomic E-state index is 0.0894. The Morgan fingerprint density at radius 3 is 2.49 bits per heavy atom. The van der Waals surface area contributed by atoms with Crippen molar-refractivity contribution in [3.8, 4) is 11.3 Å². The fourth-order valence-corrected chi connectivity index (χ4v) is 4.25. The van der Waals surface area contributed by atoms with E-state index in [4.69, 9.17) is 0 Å². The summed E-state index contributed by atoms with van der Waals surface area (Å²) >= 11 is 0. The second kappa shape index (κ2) is 9.38. The van der Waals surface area contributed by atoms with Crippen molar-refractivity contribution in [2.75, 3.05) is 36.4 Å². The number of rotatable bonds is 4. The summed E-state index contributed by atoms with van der Waals surface area (Å²) in [5.74, 6) is 0.581. The third-order valence-electron chi connectivity index (χ3n) is 5.97. The van der Waals surface area contributed by atoms with Gasteiger partial charge in [-0.2, -0.15) is 0 Å². The van der Waals surface area contributed by atoms with Gasteiger partial charge in [0.2, 0.25) is 5.91 Å². The molecule has 176 valence electrons. The van der Waals surface area contributed by atoms with E-state index in [1.165, 1.54) is 6.92 Å². The molecule has 0 bridgehead atoms. The molecule has 0 radical (unpaired) electrons. The van der Waals surface area contributed by atoms with Crippen LogP contribution in [0.15, 0.2) is 71.7 Å². The minimum atomic E-state index is -0.399. The van der Waals surface area contributed by atoms with Gasteiger partial charge in [0.05, 0.1) is 16.7 Å². The normalized spacial score (nSPS) is 13.6. The van der Waals surface area contributed by atoms with E-state index < -0.39 is 5.56 Å². The number of aromatic nitrogens is 3. The highest BCUT2D eigenvalue weighted by Crippen LogP contribution is 2.25. The summed E-state index contributed by atoms with van der Waals surface area (Å²) in [5.41, 5.74) is 2.36. The van der Waals surface area contributed by atoms with Gasteiger partial charge in [0, 0.05) is 50.4 Å². The molecule has 9 nitrogen and oxygen atoms in total. The summed E-state index contributed by atoms with van der Waals surface area (Å²) in [4.78, 5) is 53.3. The second-order valence-corrected chi connectivity index (χ2v) is 8.34. The number of hydrogen-bond acceptors (Lipinski definition) is 6. The summed E-state index contributed by atoms with van der Waals surface area (Å²) in [7, 11) is 0. The molecule has 2 amide bonds. The average Bonchev–Trinajstić information content (AvgIpc) is 2.88. The third-order valence-corrected chi connectivity index (χ3v) is 5.97. The molecular formula is C26H24N6O3. The van der Waals surface area contributed by atoms with Crippen LogP contribution in [0.3, 0.4) is 0 Å². The van der Waals surface area contributed by atoms with Crippen molar-refractivity contribution in [3.05, 3.63) is 82.8 Å². The van der Waals surface area contributed by atoms with Gasteiger partial charge in [0.1, 0.15) is 11.5 Å². The fraction of sp³-hybridized carbons (Fsp3) is 0.192. The molecular weight excluding hydrogens is 444 g/mol. The molecule has 0 unspecified atom stereocenters. The Balaban J connectivity index is 1.38. The van der Waals surface area contributed by atoms with Crippen LogP contribution < -0.4 is 15.8 Å². The number of piperazine rings is 1. The van der Waals surface area contributed by atoms with Gasteiger partial charge < -0.3 is 20.1 Å². The lowest BCUT2D eigenvalue weighted by molar-refractivity contribution is -0.114. The van der Waals surface area contributed by atoms with E-state index in [1.54, 1.807) is 48.7 Å². The predicted octanol–water partition coefficient (Wildman–Crippen LogP) is 2.91. The molecule has 2 N–H and O–H groups in total. The van der Waals surface area contributed by atoms with Crippen LogP contribution in [-0.2, 0) is 4.79 Å². The van der Waals surface area contributed by atoms with Gasteiger partial charge >= 0.3 is 0 Å². The molecule has 2 aromatic carbocycles. The van der Waals surface area contributed by atoms with Crippen molar-refractivity contribution < 1.29 is 9.59 Å². The molecule has 1 saturated heterocycles. The fourth-order valence-electron chi connectivity index (χ4n) is 4.25. The van der Waals surface area contributed by atoms with Gasteiger partial charge in [-0.05, 0) is 36.4 Å². The molecule has 0 atom stereocenters. The van der Waals surface area contributed by atoms with Gasteiger partial charge in [-0.3, -0.25) is 14.4 Å². The molecule has 3 heterocycles. The molecule has 1 aliphatic heterocycles. The zero-order chi connectivity index (χ0) is 24.4. The summed E-state index contributed by atoms with van der Waals surface area (Å²) in [6.45, 7) is 3.98. The lowest BCUT2D eigenvalue weighted by Gasteiger charge is -2.35. The van der Waals surface area contributed by atoms with E-state index in [9.17, 15) is 14.4 Å². The first kappa shape index (κ1) is 22.3. The molecule has 0 saturated carbocycles. The number of fused-ring (bicyclic) bond motifs is 1. The molecule has 2 aromatic heterocycles. The largest absolute Gasteiger partial charge is 0.353 e. The standard InChI is InChI=1S/C26H24N6O3/c1-17(33)28-20-7-3-2-6-19(20)24-25(34)30-22-16-18(9-10-21(22)29-24)26(35)32-14-12-31(13-15-32)23-8-4-5-11-27-23/h2-11,16H,12-15H2,1H3,(H,28,33)(H,30,34). The van der Waals surface area contributed by atoms with E-state index in [2.05, 4.69) is 25.2 Å². The molecule has 0 aliphatic carbocycles. The first-order valence-electron chi connectivity index (χ1n) is 11.4. The van der Waals surface area contributed by atoms with Crippen LogP contribution in [0.4, 0.5) is 11.5 Å². The maximum absolute atomic E-state index is 13.1. The van der Waals surface area contributed by atoms with Crippen LogP contribution in [0.1, 0.15) is 17.3 Å².